The zero-order valence-electron chi connectivity index (χ0n) is 15.6. The highest BCUT2D eigenvalue weighted by Crippen LogP contribution is 2.33. The van der Waals surface area contributed by atoms with Crippen molar-refractivity contribution in [2.45, 2.75) is 37.3 Å². The molecule has 2 aliphatic heterocycles. The third-order valence-corrected chi connectivity index (χ3v) is 5.41. The van der Waals surface area contributed by atoms with E-state index in [1.54, 1.807) is 24.3 Å². The highest BCUT2D eigenvalue weighted by atomic mass is 35.5. The summed E-state index contributed by atoms with van der Waals surface area (Å²) in [6.45, 7) is 2.48. The number of hydrogen-bond donors (Lipinski definition) is 2. The fourth-order valence-corrected chi connectivity index (χ4v) is 3.99. The molecular formula is C20H25ClN2O5. The molecule has 1 unspecified atom stereocenters. The molecule has 4 rings (SSSR count). The van der Waals surface area contributed by atoms with E-state index in [0.717, 1.165) is 50.8 Å². The maximum Gasteiger partial charge on any atom is 0.336 e. The van der Waals surface area contributed by atoms with Crippen LogP contribution in [-0.2, 0) is 9.53 Å². The van der Waals surface area contributed by atoms with Gasteiger partial charge >= 0.3 is 5.63 Å². The number of carbonyl (C=O) groups is 1. The summed E-state index contributed by atoms with van der Waals surface area (Å²) in [6.07, 6.45) is 3.68. The van der Waals surface area contributed by atoms with Gasteiger partial charge < -0.3 is 24.5 Å². The van der Waals surface area contributed by atoms with Gasteiger partial charge in [-0.1, -0.05) is 0 Å². The number of fused-ring (bicyclic) bond motifs is 1. The highest BCUT2D eigenvalue weighted by Gasteiger charge is 2.43. The van der Waals surface area contributed by atoms with Crippen molar-refractivity contribution in [2.75, 3.05) is 26.3 Å². The number of piperidine rings is 1. The first-order valence-electron chi connectivity index (χ1n) is 9.45. The summed E-state index contributed by atoms with van der Waals surface area (Å²) in [5.41, 5.74) is -0.234. The van der Waals surface area contributed by atoms with Crippen LogP contribution in [0.25, 0.3) is 11.0 Å². The number of carbonyl (C=O) groups excluding carboxylic acids is 1. The third-order valence-electron chi connectivity index (χ3n) is 5.41. The van der Waals surface area contributed by atoms with E-state index >= 15 is 0 Å². The maximum absolute atomic E-state index is 12.4. The van der Waals surface area contributed by atoms with Gasteiger partial charge in [0.15, 0.2) is 6.61 Å². The average Bonchev–Trinajstić information content (AvgIpc) is 2.68. The first-order chi connectivity index (χ1) is 13.1. The molecule has 2 aliphatic rings. The van der Waals surface area contributed by atoms with Gasteiger partial charge in [0.05, 0.1) is 11.6 Å². The van der Waals surface area contributed by atoms with Crippen molar-refractivity contribution < 1.29 is 18.7 Å². The van der Waals surface area contributed by atoms with Crippen LogP contribution in [0.3, 0.4) is 0 Å². The number of halogens is 1. The smallest absolute Gasteiger partial charge is 0.336 e. The molecule has 2 aromatic rings. The quantitative estimate of drug-likeness (QED) is 0.752. The molecule has 0 bridgehead atoms. The Morgan fingerprint density at radius 2 is 2.04 bits per heavy atom. The van der Waals surface area contributed by atoms with Crippen molar-refractivity contribution in [1.82, 2.24) is 10.6 Å². The molecule has 0 radical (unpaired) electrons. The Hall–Kier alpha value is -2.09. The van der Waals surface area contributed by atoms with Crippen molar-refractivity contribution >= 4 is 29.3 Å². The fourth-order valence-electron chi connectivity index (χ4n) is 3.99. The van der Waals surface area contributed by atoms with Gasteiger partial charge in [0, 0.05) is 24.1 Å². The highest BCUT2D eigenvalue weighted by molar-refractivity contribution is 5.85. The van der Waals surface area contributed by atoms with Crippen LogP contribution in [0.1, 0.15) is 25.7 Å². The van der Waals surface area contributed by atoms with E-state index in [9.17, 15) is 9.59 Å². The first-order valence-corrected chi connectivity index (χ1v) is 9.45. The third kappa shape index (κ3) is 4.48. The molecule has 2 saturated heterocycles. The summed E-state index contributed by atoms with van der Waals surface area (Å²) >= 11 is 0. The first kappa shape index (κ1) is 20.6. The summed E-state index contributed by atoms with van der Waals surface area (Å²) in [6, 6.07) is 8.26. The molecule has 1 aromatic heterocycles. The topological polar surface area (TPSA) is 89.8 Å². The predicted molar refractivity (Wildman–Crippen MR) is 107 cm³/mol. The maximum atomic E-state index is 12.4. The lowest BCUT2D eigenvalue weighted by Gasteiger charge is -2.46. The summed E-state index contributed by atoms with van der Waals surface area (Å²) < 4.78 is 16.9. The predicted octanol–water partition coefficient (Wildman–Crippen LogP) is 2.01. The van der Waals surface area contributed by atoms with E-state index in [-0.39, 0.29) is 36.6 Å². The molecule has 7 nitrogen and oxygen atoms in total. The van der Waals surface area contributed by atoms with Gasteiger partial charge in [0.25, 0.3) is 5.91 Å². The van der Waals surface area contributed by atoms with E-state index in [1.807, 2.05) is 0 Å². The SMILES string of the molecule is Cl.O=C(COc1ccc2ccc(=O)oc2c1)NC1CCCOC12CCNCC2. The van der Waals surface area contributed by atoms with Gasteiger partial charge in [-0.05, 0) is 57.0 Å². The molecular weight excluding hydrogens is 384 g/mol. The number of rotatable bonds is 4. The summed E-state index contributed by atoms with van der Waals surface area (Å²) in [5, 5.41) is 7.26. The standard InChI is InChI=1S/C20H24N2O5.ClH/c23-18(22-17-2-1-11-26-20(17)7-9-21-10-8-20)13-25-15-5-3-14-4-6-19(24)27-16(14)12-15;/h3-6,12,17,21H,1-2,7-11,13H2,(H,22,23);1H. The monoisotopic (exact) mass is 408 g/mol. The van der Waals surface area contributed by atoms with E-state index < -0.39 is 5.63 Å². The molecule has 1 amide bonds. The van der Waals surface area contributed by atoms with Gasteiger partial charge in [0.1, 0.15) is 11.3 Å². The largest absolute Gasteiger partial charge is 0.484 e. The van der Waals surface area contributed by atoms with E-state index in [4.69, 9.17) is 13.9 Å². The Labute approximate surface area is 169 Å². The Morgan fingerprint density at radius 1 is 1.25 bits per heavy atom. The fraction of sp³-hybridized carbons (Fsp3) is 0.500. The molecule has 152 valence electrons. The molecule has 2 N–H and O–H groups in total. The molecule has 1 atom stereocenters. The van der Waals surface area contributed by atoms with E-state index in [2.05, 4.69) is 10.6 Å². The molecule has 1 aromatic carbocycles. The summed E-state index contributed by atoms with van der Waals surface area (Å²) in [5.74, 6) is 0.321. The minimum absolute atomic E-state index is 0. The van der Waals surface area contributed by atoms with Crippen LogP contribution in [0.5, 0.6) is 5.75 Å². The Bertz CT molecular complexity index is 870. The molecule has 3 heterocycles. The molecule has 8 heteroatoms. The van der Waals surface area contributed by atoms with Gasteiger partial charge in [-0.25, -0.2) is 4.79 Å². The normalized spacial score (nSPS) is 21.1. The van der Waals surface area contributed by atoms with Crippen LogP contribution < -0.4 is 21.0 Å². The Morgan fingerprint density at radius 3 is 2.86 bits per heavy atom. The molecule has 0 saturated carbocycles. The van der Waals surface area contributed by atoms with Crippen LogP contribution in [0.2, 0.25) is 0 Å². The zero-order valence-corrected chi connectivity index (χ0v) is 16.4. The van der Waals surface area contributed by atoms with Crippen molar-refractivity contribution in [3.05, 3.63) is 40.8 Å². The minimum atomic E-state index is -0.415. The minimum Gasteiger partial charge on any atom is -0.484 e. The number of nitrogens with one attached hydrogen (secondary N) is 2. The van der Waals surface area contributed by atoms with Crippen molar-refractivity contribution in [2.24, 2.45) is 0 Å². The Balaban J connectivity index is 0.00000225. The lowest BCUT2D eigenvalue weighted by Crippen LogP contribution is -2.61. The number of benzene rings is 1. The second-order valence-corrected chi connectivity index (χ2v) is 7.17. The lowest BCUT2D eigenvalue weighted by atomic mass is 9.80. The summed E-state index contributed by atoms with van der Waals surface area (Å²) in [7, 11) is 0. The van der Waals surface area contributed by atoms with Crippen LogP contribution >= 0.6 is 12.4 Å². The molecule has 0 aliphatic carbocycles. The molecule has 28 heavy (non-hydrogen) atoms. The number of ether oxygens (including phenoxy) is 2. The van der Waals surface area contributed by atoms with E-state index in [0.29, 0.717) is 11.3 Å². The van der Waals surface area contributed by atoms with Gasteiger partial charge in [-0.2, -0.15) is 0 Å². The van der Waals surface area contributed by atoms with Crippen LogP contribution in [0.15, 0.2) is 39.5 Å². The Kier molecular flexibility index (Phi) is 6.59. The van der Waals surface area contributed by atoms with Gasteiger partial charge in [-0.3, -0.25) is 4.79 Å². The van der Waals surface area contributed by atoms with Crippen LogP contribution in [0.4, 0.5) is 0 Å². The van der Waals surface area contributed by atoms with Crippen LogP contribution in [0, 0.1) is 0 Å². The zero-order chi connectivity index (χ0) is 18.7. The molecule has 2 fully saturated rings. The second kappa shape index (κ2) is 8.94. The molecule has 1 spiro atoms. The lowest BCUT2D eigenvalue weighted by molar-refractivity contribution is -0.138. The van der Waals surface area contributed by atoms with Crippen molar-refractivity contribution in [3.8, 4) is 5.75 Å². The van der Waals surface area contributed by atoms with E-state index in [1.165, 1.54) is 6.07 Å². The van der Waals surface area contributed by atoms with Crippen molar-refractivity contribution in [3.63, 3.8) is 0 Å². The number of hydrogen-bond acceptors (Lipinski definition) is 6. The average molecular weight is 409 g/mol. The van der Waals surface area contributed by atoms with Crippen molar-refractivity contribution in [1.29, 1.82) is 0 Å². The van der Waals surface area contributed by atoms with Crippen LogP contribution in [-0.4, -0.2) is 43.9 Å². The number of amides is 1. The second-order valence-electron chi connectivity index (χ2n) is 7.17. The van der Waals surface area contributed by atoms with Gasteiger partial charge in [0.2, 0.25) is 0 Å². The van der Waals surface area contributed by atoms with Gasteiger partial charge in [-0.15, -0.1) is 12.4 Å². The summed E-state index contributed by atoms with van der Waals surface area (Å²) in [4.78, 5) is 23.8.